The summed E-state index contributed by atoms with van der Waals surface area (Å²) in [6.07, 6.45) is 0. The monoisotopic (exact) mass is 486 g/mol. The zero-order chi connectivity index (χ0) is 18.8. The van der Waals surface area contributed by atoms with Gasteiger partial charge in [-0.25, -0.2) is 0 Å². The van der Waals surface area contributed by atoms with Gasteiger partial charge >= 0.3 is 153 Å². The third-order valence-corrected chi connectivity index (χ3v) is 10.4. The molecular weight excluding hydrogens is 468 g/mol. The van der Waals surface area contributed by atoms with Gasteiger partial charge in [0.25, 0.3) is 0 Å². The first-order valence-electron chi connectivity index (χ1n) is 7.39. The van der Waals surface area contributed by atoms with Crippen LogP contribution in [-0.2, 0) is 12.6 Å². The fourth-order valence-corrected chi connectivity index (χ4v) is 8.33. The SMILES string of the molecule is Cc1ccc(I(OS(=O)(=O)C(F)(F)F)c2ccc(C(C)C)cc2)cc1. The van der Waals surface area contributed by atoms with E-state index in [0.717, 1.165) is 11.1 Å². The summed E-state index contributed by atoms with van der Waals surface area (Å²) in [5.74, 6) is 0.260. The summed E-state index contributed by atoms with van der Waals surface area (Å²) in [7, 11) is -5.66. The molecule has 0 atom stereocenters. The van der Waals surface area contributed by atoms with E-state index in [-0.39, 0.29) is 5.92 Å². The van der Waals surface area contributed by atoms with Crippen molar-refractivity contribution in [1.82, 2.24) is 0 Å². The topological polar surface area (TPSA) is 43.4 Å². The molecule has 0 fully saturated rings. The summed E-state index contributed by atoms with van der Waals surface area (Å²) < 4.78 is 67.1. The molecule has 0 saturated carbocycles. The van der Waals surface area contributed by atoms with E-state index in [1.165, 1.54) is 0 Å². The standard InChI is InChI=1S/C17H18F3IO3S/c1-12(2)14-6-10-16(11-7-14)21(15-8-4-13(3)5-9-15)24-25(22,23)17(18,19)20/h4-12H,1-3H3. The van der Waals surface area contributed by atoms with E-state index >= 15 is 0 Å². The Balaban J connectivity index is 2.47. The fourth-order valence-electron chi connectivity index (χ4n) is 1.93. The second-order valence-corrected chi connectivity index (χ2v) is 12.2. The number of benzene rings is 2. The Bertz CT molecular complexity index is 814. The number of hydrogen-bond donors (Lipinski definition) is 0. The van der Waals surface area contributed by atoms with E-state index in [2.05, 4.69) is 0 Å². The van der Waals surface area contributed by atoms with Crippen molar-refractivity contribution in [3.05, 3.63) is 66.8 Å². The van der Waals surface area contributed by atoms with Gasteiger partial charge in [0.2, 0.25) is 0 Å². The fraction of sp³-hybridized carbons (Fsp3) is 0.294. The third kappa shape index (κ3) is 4.95. The summed E-state index contributed by atoms with van der Waals surface area (Å²) in [6, 6.07) is 13.6. The van der Waals surface area contributed by atoms with Crippen LogP contribution in [0.25, 0.3) is 0 Å². The van der Waals surface area contributed by atoms with Crippen LogP contribution in [0.1, 0.15) is 30.9 Å². The van der Waals surface area contributed by atoms with Crippen LogP contribution in [0.3, 0.4) is 0 Å². The van der Waals surface area contributed by atoms with Crippen LogP contribution in [-0.4, -0.2) is 13.9 Å². The first-order chi connectivity index (χ1) is 11.5. The van der Waals surface area contributed by atoms with Gasteiger partial charge in [-0.3, -0.25) is 0 Å². The minimum absolute atomic E-state index is 0.260. The van der Waals surface area contributed by atoms with Gasteiger partial charge in [0, 0.05) is 0 Å². The number of aryl methyl sites for hydroxylation is 1. The van der Waals surface area contributed by atoms with Gasteiger partial charge in [0.05, 0.1) is 0 Å². The predicted molar refractivity (Wildman–Crippen MR) is 99.2 cm³/mol. The van der Waals surface area contributed by atoms with E-state index < -0.39 is 35.9 Å². The van der Waals surface area contributed by atoms with Crippen LogP contribution in [0.5, 0.6) is 0 Å². The molecule has 0 aromatic heterocycles. The quantitative estimate of drug-likeness (QED) is 0.418. The number of rotatable bonds is 5. The first-order valence-corrected chi connectivity index (χ1v) is 11.8. The van der Waals surface area contributed by atoms with Gasteiger partial charge in [0.1, 0.15) is 0 Å². The molecule has 138 valence electrons. The molecule has 0 aliphatic heterocycles. The molecule has 0 amide bonds. The number of alkyl halides is 3. The van der Waals surface area contributed by atoms with Crippen LogP contribution in [0.15, 0.2) is 48.5 Å². The van der Waals surface area contributed by atoms with Gasteiger partial charge in [-0.15, -0.1) is 0 Å². The molecule has 0 heterocycles. The van der Waals surface area contributed by atoms with E-state index in [1.807, 2.05) is 20.8 Å². The van der Waals surface area contributed by atoms with E-state index in [4.69, 9.17) is 2.51 Å². The van der Waals surface area contributed by atoms with E-state index in [1.54, 1.807) is 48.5 Å². The van der Waals surface area contributed by atoms with E-state index in [9.17, 15) is 21.6 Å². The van der Waals surface area contributed by atoms with Gasteiger partial charge < -0.3 is 0 Å². The zero-order valence-electron chi connectivity index (χ0n) is 13.8. The summed E-state index contributed by atoms with van der Waals surface area (Å²) in [6.45, 7) is 5.83. The molecule has 0 aliphatic rings. The molecule has 0 spiro atoms. The van der Waals surface area contributed by atoms with Crippen molar-refractivity contribution in [2.24, 2.45) is 0 Å². The summed E-state index contributed by atoms with van der Waals surface area (Å²) >= 11 is -3.27. The molecule has 0 radical (unpaired) electrons. The first kappa shape index (κ1) is 20.2. The van der Waals surface area contributed by atoms with Crippen LogP contribution >= 0.6 is 20.2 Å². The Morgan fingerprint density at radius 3 is 1.76 bits per heavy atom. The Labute approximate surface area is 153 Å². The molecule has 2 aromatic rings. The molecule has 0 bridgehead atoms. The maximum atomic E-state index is 12.8. The summed E-state index contributed by atoms with van der Waals surface area (Å²) in [5.41, 5.74) is -3.50. The molecule has 0 N–H and O–H groups in total. The second kappa shape index (κ2) is 7.63. The van der Waals surface area contributed by atoms with Crippen molar-refractivity contribution in [1.29, 1.82) is 0 Å². The van der Waals surface area contributed by atoms with Crippen LogP contribution < -0.4 is 0 Å². The van der Waals surface area contributed by atoms with Crippen molar-refractivity contribution >= 4 is 30.4 Å². The molecule has 2 aromatic carbocycles. The third-order valence-electron chi connectivity index (χ3n) is 3.37. The molecule has 25 heavy (non-hydrogen) atoms. The normalized spacial score (nSPS) is 13.2. The molecule has 0 saturated heterocycles. The molecule has 0 unspecified atom stereocenters. The average molecular weight is 486 g/mol. The molecule has 2 rings (SSSR count). The molecular formula is C17H18F3IO3S. The van der Waals surface area contributed by atoms with Gasteiger partial charge in [-0.1, -0.05) is 0 Å². The van der Waals surface area contributed by atoms with Crippen molar-refractivity contribution in [2.75, 3.05) is 0 Å². The number of hydrogen-bond acceptors (Lipinski definition) is 3. The molecule has 3 nitrogen and oxygen atoms in total. The van der Waals surface area contributed by atoms with Crippen LogP contribution in [0, 0.1) is 14.1 Å². The summed E-state index contributed by atoms with van der Waals surface area (Å²) in [5, 5.41) is 0. The van der Waals surface area contributed by atoms with Crippen molar-refractivity contribution in [3.63, 3.8) is 0 Å². The minimum atomic E-state index is -5.66. The Hall–Kier alpha value is -1.13. The Kier molecular flexibility index (Phi) is 6.16. The number of halogens is 4. The van der Waals surface area contributed by atoms with Crippen molar-refractivity contribution in [2.45, 2.75) is 32.2 Å². The Morgan fingerprint density at radius 2 is 1.36 bits per heavy atom. The predicted octanol–water partition coefficient (Wildman–Crippen LogP) is 5.45. The molecule has 0 aliphatic carbocycles. The Morgan fingerprint density at radius 1 is 0.920 bits per heavy atom. The summed E-state index contributed by atoms with van der Waals surface area (Å²) in [4.78, 5) is 0. The van der Waals surface area contributed by atoms with E-state index in [0.29, 0.717) is 7.14 Å². The molecule has 8 heteroatoms. The van der Waals surface area contributed by atoms with Gasteiger partial charge in [-0.2, -0.15) is 0 Å². The van der Waals surface area contributed by atoms with Crippen LogP contribution in [0.4, 0.5) is 13.2 Å². The van der Waals surface area contributed by atoms with Crippen molar-refractivity contribution < 1.29 is 24.1 Å². The van der Waals surface area contributed by atoms with Crippen molar-refractivity contribution in [3.8, 4) is 0 Å². The zero-order valence-corrected chi connectivity index (χ0v) is 16.8. The van der Waals surface area contributed by atoms with Gasteiger partial charge in [0.15, 0.2) is 0 Å². The maximum absolute atomic E-state index is 12.8. The van der Waals surface area contributed by atoms with Crippen LogP contribution in [0.2, 0.25) is 0 Å². The second-order valence-electron chi connectivity index (χ2n) is 5.71. The average Bonchev–Trinajstić information content (AvgIpc) is 2.52. The van der Waals surface area contributed by atoms with Gasteiger partial charge in [-0.05, 0) is 0 Å².